The molecule has 1 atom stereocenters. The number of hydrogen-bond donors (Lipinski definition) is 1. The highest BCUT2D eigenvalue weighted by molar-refractivity contribution is 14.1. The first kappa shape index (κ1) is 12.1. The van der Waals surface area contributed by atoms with Gasteiger partial charge in [-0.3, -0.25) is 0 Å². The van der Waals surface area contributed by atoms with E-state index in [1.54, 1.807) is 11.3 Å². The lowest BCUT2D eigenvalue weighted by molar-refractivity contribution is 0.168. The predicted molar refractivity (Wildman–Crippen MR) is 76.8 cm³/mol. The van der Waals surface area contributed by atoms with Crippen LogP contribution in [0.25, 0.3) is 0 Å². The van der Waals surface area contributed by atoms with E-state index in [-0.39, 0.29) is 6.10 Å². The minimum absolute atomic E-state index is 0.350. The molecule has 0 radical (unpaired) electrons. The fourth-order valence-corrected chi connectivity index (χ4v) is 2.65. The quantitative estimate of drug-likeness (QED) is 0.831. The van der Waals surface area contributed by atoms with E-state index in [9.17, 15) is 5.11 Å². The lowest BCUT2D eigenvalue weighted by Gasteiger charge is -2.10. The first-order chi connectivity index (χ1) is 7.75. The number of aliphatic hydroxyl groups is 1. The van der Waals surface area contributed by atoms with E-state index in [0.717, 1.165) is 18.4 Å². The van der Waals surface area contributed by atoms with E-state index in [2.05, 4.69) is 39.4 Å². The fraction of sp³-hybridized carbons (Fsp3) is 0.231. The minimum Gasteiger partial charge on any atom is -0.388 e. The second-order valence-electron chi connectivity index (χ2n) is 3.74. The molecule has 2 aromatic rings. The number of hydrogen-bond acceptors (Lipinski definition) is 2. The Morgan fingerprint density at radius 3 is 2.56 bits per heavy atom. The van der Waals surface area contributed by atoms with Gasteiger partial charge in [0.15, 0.2) is 0 Å². The lowest BCUT2D eigenvalue weighted by Crippen LogP contribution is -1.99. The molecule has 1 aromatic carbocycles. The van der Waals surface area contributed by atoms with Crippen LogP contribution >= 0.6 is 33.9 Å². The van der Waals surface area contributed by atoms with E-state index in [1.807, 2.05) is 24.3 Å². The van der Waals surface area contributed by atoms with Crippen LogP contribution in [-0.4, -0.2) is 5.11 Å². The summed E-state index contributed by atoms with van der Waals surface area (Å²) in [5.74, 6) is 0. The number of aliphatic hydroxyl groups excluding tert-OH is 1. The van der Waals surface area contributed by atoms with Gasteiger partial charge >= 0.3 is 0 Å². The van der Waals surface area contributed by atoms with Crippen LogP contribution in [-0.2, 0) is 6.42 Å². The third-order valence-corrected chi connectivity index (χ3v) is 3.99. The van der Waals surface area contributed by atoms with Crippen LogP contribution in [0.2, 0.25) is 0 Å². The zero-order chi connectivity index (χ0) is 11.4. The highest BCUT2D eigenvalue weighted by Crippen LogP contribution is 2.20. The number of thiophene rings is 1. The Balaban J connectivity index is 1.93. The number of rotatable bonds is 4. The smallest absolute Gasteiger partial charge is 0.0793 e. The second-order valence-corrected chi connectivity index (χ2v) is 5.76. The van der Waals surface area contributed by atoms with Crippen LogP contribution < -0.4 is 0 Å². The lowest BCUT2D eigenvalue weighted by atomic mass is 10.0. The largest absolute Gasteiger partial charge is 0.388 e. The van der Waals surface area contributed by atoms with Crippen molar-refractivity contribution < 1.29 is 5.11 Å². The molecule has 1 nitrogen and oxygen atoms in total. The molecule has 1 N–H and O–H groups in total. The molecule has 0 spiro atoms. The van der Waals surface area contributed by atoms with Gasteiger partial charge in [-0.05, 0) is 75.5 Å². The molecule has 0 aliphatic rings. The van der Waals surface area contributed by atoms with Gasteiger partial charge in [0.05, 0.1) is 6.10 Å². The SMILES string of the molecule is OC(CCc1ccsc1)c1ccc(I)cc1. The van der Waals surface area contributed by atoms with E-state index in [0.29, 0.717) is 0 Å². The Morgan fingerprint density at radius 1 is 1.19 bits per heavy atom. The van der Waals surface area contributed by atoms with Crippen molar-refractivity contribution in [1.82, 2.24) is 0 Å². The van der Waals surface area contributed by atoms with Crippen molar-refractivity contribution in [3.8, 4) is 0 Å². The Hall–Kier alpha value is -0.390. The van der Waals surface area contributed by atoms with E-state index in [1.165, 1.54) is 9.13 Å². The van der Waals surface area contributed by atoms with Crippen molar-refractivity contribution in [2.45, 2.75) is 18.9 Å². The molecule has 0 bridgehead atoms. The van der Waals surface area contributed by atoms with Crippen molar-refractivity contribution in [3.05, 3.63) is 55.8 Å². The van der Waals surface area contributed by atoms with Crippen molar-refractivity contribution in [3.63, 3.8) is 0 Å². The van der Waals surface area contributed by atoms with Gasteiger partial charge in [0, 0.05) is 3.57 Å². The zero-order valence-corrected chi connectivity index (χ0v) is 11.7. The third-order valence-electron chi connectivity index (χ3n) is 2.54. The molecule has 0 fully saturated rings. The molecule has 1 heterocycles. The zero-order valence-electron chi connectivity index (χ0n) is 8.77. The van der Waals surface area contributed by atoms with Gasteiger partial charge in [0.1, 0.15) is 0 Å². The van der Waals surface area contributed by atoms with Crippen molar-refractivity contribution in [2.24, 2.45) is 0 Å². The maximum absolute atomic E-state index is 10.0. The predicted octanol–water partition coefficient (Wildman–Crippen LogP) is 4.02. The summed E-state index contributed by atoms with van der Waals surface area (Å²) in [6.07, 6.45) is 1.38. The summed E-state index contributed by atoms with van der Waals surface area (Å²) < 4.78 is 1.20. The summed E-state index contributed by atoms with van der Waals surface area (Å²) in [4.78, 5) is 0. The second kappa shape index (κ2) is 5.80. The average molecular weight is 344 g/mol. The van der Waals surface area contributed by atoms with E-state index >= 15 is 0 Å². The molecular formula is C13H13IOS. The molecule has 0 aliphatic heterocycles. The average Bonchev–Trinajstić information content (AvgIpc) is 2.80. The molecule has 16 heavy (non-hydrogen) atoms. The maximum Gasteiger partial charge on any atom is 0.0793 e. The molecule has 1 unspecified atom stereocenters. The molecule has 0 aliphatic carbocycles. The molecular weight excluding hydrogens is 331 g/mol. The molecule has 1 aromatic heterocycles. The number of benzene rings is 1. The third kappa shape index (κ3) is 3.30. The molecule has 0 saturated heterocycles. The normalized spacial score (nSPS) is 12.6. The molecule has 3 heteroatoms. The summed E-state index contributed by atoms with van der Waals surface area (Å²) >= 11 is 3.98. The van der Waals surface area contributed by atoms with Crippen molar-refractivity contribution >= 4 is 33.9 Å². The minimum atomic E-state index is -0.350. The van der Waals surface area contributed by atoms with Gasteiger partial charge in [0.2, 0.25) is 0 Å². The monoisotopic (exact) mass is 344 g/mol. The topological polar surface area (TPSA) is 20.2 Å². The fourth-order valence-electron chi connectivity index (χ4n) is 1.59. The van der Waals surface area contributed by atoms with Crippen molar-refractivity contribution in [1.29, 1.82) is 0 Å². The first-order valence-corrected chi connectivity index (χ1v) is 7.22. The van der Waals surface area contributed by atoms with Gasteiger partial charge < -0.3 is 5.11 Å². The summed E-state index contributed by atoms with van der Waals surface area (Å²) in [5.41, 5.74) is 2.32. The summed E-state index contributed by atoms with van der Waals surface area (Å²) in [6.45, 7) is 0. The first-order valence-electron chi connectivity index (χ1n) is 5.20. The van der Waals surface area contributed by atoms with Crippen LogP contribution in [0.1, 0.15) is 23.7 Å². The maximum atomic E-state index is 10.0. The van der Waals surface area contributed by atoms with Crippen LogP contribution in [0.4, 0.5) is 0 Å². The highest BCUT2D eigenvalue weighted by atomic mass is 127. The Labute approximate surface area is 113 Å². The van der Waals surface area contributed by atoms with Gasteiger partial charge in [-0.15, -0.1) is 0 Å². The molecule has 0 amide bonds. The Kier molecular flexibility index (Phi) is 4.37. The number of aryl methyl sites for hydroxylation is 1. The highest BCUT2D eigenvalue weighted by Gasteiger charge is 2.07. The van der Waals surface area contributed by atoms with Gasteiger partial charge in [-0.25, -0.2) is 0 Å². The van der Waals surface area contributed by atoms with Crippen LogP contribution in [0, 0.1) is 3.57 Å². The summed E-state index contributed by atoms with van der Waals surface area (Å²) in [6, 6.07) is 10.2. The van der Waals surface area contributed by atoms with Crippen LogP contribution in [0.3, 0.4) is 0 Å². The molecule has 0 saturated carbocycles. The summed E-state index contributed by atoms with van der Waals surface area (Å²) in [7, 11) is 0. The van der Waals surface area contributed by atoms with E-state index in [4.69, 9.17) is 0 Å². The van der Waals surface area contributed by atoms with E-state index < -0.39 is 0 Å². The van der Waals surface area contributed by atoms with Gasteiger partial charge in [0.25, 0.3) is 0 Å². The van der Waals surface area contributed by atoms with Gasteiger partial charge in [-0.2, -0.15) is 11.3 Å². The molecule has 2 rings (SSSR count). The van der Waals surface area contributed by atoms with Gasteiger partial charge in [-0.1, -0.05) is 12.1 Å². The summed E-state index contributed by atoms with van der Waals surface area (Å²) in [5, 5.41) is 14.2. The van der Waals surface area contributed by atoms with Crippen molar-refractivity contribution in [2.75, 3.05) is 0 Å². The Morgan fingerprint density at radius 2 is 1.94 bits per heavy atom. The molecule has 84 valence electrons. The number of halogens is 1. The Bertz CT molecular complexity index is 422. The van der Waals surface area contributed by atoms with Crippen LogP contribution in [0.15, 0.2) is 41.1 Å². The van der Waals surface area contributed by atoms with Crippen LogP contribution in [0.5, 0.6) is 0 Å². The standard InChI is InChI=1S/C13H13IOS/c14-12-4-2-11(3-5-12)13(15)6-1-10-7-8-16-9-10/h2-5,7-9,13,15H,1,6H2.